The van der Waals surface area contributed by atoms with Gasteiger partial charge in [-0.05, 0) is 36.8 Å². The summed E-state index contributed by atoms with van der Waals surface area (Å²) < 4.78 is 7.37. The van der Waals surface area contributed by atoms with Crippen LogP contribution in [0.2, 0.25) is 0 Å². The van der Waals surface area contributed by atoms with Crippen LogP contribution in [0.15, 0.2) is 48.7 Å². The maximum atomic E-state index is 5.24. The van der Waals surface area contributed by atoms with Crippen molar-refractivity contribution in [3.63, 3.8) is 0 Å². The fourth-order valence-electron chi connectivity index (χ4n) is 2.48. The van der Waals surface area contributed by atoms with Gasteiger partial charge in [-0.15, -0.1) is 0 Å². The molecule has 108 valence electrons. The predicted octanol–water partition coefficient (Wildman–Crippen LogP) is 2.94. The average Bonchev–Trinajstić information content (AvgIpc) is 2.83. The Kier molecular flexibility index (Phi) is 3.88. The van der Waals surface area contributed by atoms with Gasteiger partial charge >= 0.3 is 0 Å². The summed E-state index contributed by atoms with van der Waals surface area (Å²) in [7, 11) is 1.69. The average molecular weight is 281 g/mol. The number of rotatable bonds is 5. The fraction of sp³-hybridized carbons (Fsp3) is 0.235. The summed E-state index contributed by atoms with van der Waals surface area (Å²) in [5, 5.41) is 3.47. The zero-order valence-corrected chi connectivity index (χ0v) is 12.3. The second-order valence-electron chi connectivity index (χ2n) is 5.03. The summed E-state index contributed by atoms with van der Waals surface area (Å²) >= 11 is 0. The number of ether oxygens (including phenoxy) is 1. The van der Waals surface area contributed by atoms with Crippen molar-refractivity contribution in [1.82, 2.24) is 14.7 Å². The first-order chi connectivity index (χ1) is 10.3. The van der Waals surface area contributed by atoms with Crippen molar-refractivity contribution in [1.29, 1.82) is 0 Å². The molecule has 2 aromatic heterocycles. The molecule has 0 radical (unpaired) electrons. The van der Waals surface area contributed by atoms with E-state index in [1.807, 2.05) is 36.4 Å². The van der Waals surface area contributed by atoms with Crippen LogP contribution in [0.25, 0.3) is 5.65 Å². The minimum Gasteiger partial charge on any atom is -0.497 e. The lowest BCUT2D eigenvalue weighted by molar-refractivity contribution is 0.414. The highest BCUT2D eigenvalue weighted by Crippen LogP contribution is 2.14. The molecule has 0 aliphatic rings. The van der Waals surface area contributed by atoms with E-state index in [4.69, 9.17) is 4.74 Å². The van der Waals surface area contributed by atoms with Gasteiger partial charge in [0.15, 0.2) is 0 Å². The topological polar surface area (TPSA) is 38.6 Å². The molecule has 0 unspecified atom stereocenters. The van der Waals surface area contributed by atoms with Crippen molar-refractivity contribution in [3.8, 4) is 5.75 Å². The molecule has 1 N–H and O–H groups in total. The fourth-order valence-corrected chi connectivity index (χ4v) is 2.48. The van der Waals surface area contributed by atoms with Crippen LogP contribution >= 0.6 is 0 Å². The first-order valence-electron chi connectivity index (χ1n) is 7.04. The molecule has 0 aliphatic heterocycles. The lowest BCUT2D eigenvalue weighted by Crippen LogP contribution is -2.14. The molecule has 0 spiro atoms. The zero-order chi connectivity index (χ0) is 14.7. The van der Waals surface area contributed by atoms with Crippen LogP contribution in [-0.2, 0) is 13.1 Å². The number of imidazole rings is 1. The van der Waals surface area contributed by atoms with Crippen molar-refractivity contribution in [2.75, 3.05) is 7.11 Å². The molecule has 3 rings (SSSR count). The summed E-state index contributed by atoms with van der Waals surface area (Å²) in [6.07, 6.45) is 2.05. The standard InChI is InChI=1S/C17H19N3O/c1-13-16(20-9-4-3-8-17(20)19-13)12-18-11-14-6-5-7-15(10-14)21-2/h3-10,18H,11-12H2,1-2H3. The Labute approximate surface area is 124 Å². The Bertz CT molecular complexity index is 749. The first-order valence-corrected chi connectivity index (χ1v) is 7.04. The van der Waals surface area contributed by atoms with Gasteiger partial charge in [0.05, 0.1) is 18.5 Å². The van der Waals surface area contributed by atoms with Gasteiger partial charge in [0.2, 0.25) is 0 Å². The van der Waals surface area contributed by atoms with E-state index in [-0.39, 0.29) is 0 Å². The van der Waals surface area contributed by atoms with Gasteiger partial charge in [0.1, 0.15) is 11.4 Å². The van der Waals surface area contributed by atoms with E-state index in [0.717, 1.165) is 30.2 Å². The molecule has 0 amide bonds. The van der Waals surface area contributed by atoms with E-state index in [1.165, 1.54) is 11.3 Å². The smallest absolute Gasteiger partial charge is 0.137 e. The van der Waals surface area contributed by atoms with Crippen molar-refractivity contribution >= 4 is 5.65 Å². The third-order valence-corrected chi connectivity index (χ3v) is 3.58. The van der Waals surface area contributed by atoms with Gasteiger partial charge < -0.3 is 14.5 Å². The molecule has 2 heterocycles. The highest BCUT2D eigenvalue weighted by atomic mass is 16.5. The van der Waals surface area contributed by atoms with Crippen LogP contribution in [0.5, 0.6) is 5.75 Å². The quantitative estimate of drug-likeness (QED) is 0.781. The molecule has 0 aliphatic carbocycles. The van der Waals surface area contributed by atoms with Gasteiger partial charge in [0, 0.05) is 19.3 Å². The summed E-state index contributed by atoms with van der Waals surface area (Å²) in [5.74, 6) is 0.889. The van der Waals surface area contributed by atoms with E-state index in [2.05, 4.69) is 33.9 Å². The van der Waals surface area contributed by atoms with Crippen molar-refractivity contribution < 1.29 is 4.74 Å². The number of hydrogen-bond donors (Lipinski definition) is 1. The molecule has 1 aromatic carbocycles. The van der Waals surface area contributed by atoms with Gasteiger partial charge in [-0.1, -0.05) is 18.2 Å². The number of pyridine rings is 1. The van der Waals surface area contributed by atoms with Gasteiger partial charge in [0.25, 0.3) is 0 Å². The monoisotopic (exact) mass is 281 g/mol. The van der Waals surface area contributed by atoms with Crippen molar-refractivity contribution in [3.05, 3.63) is 65.6 Å². The minimum absolute atomic E-state index is 0.786. The van der Waals surface area contributed by atoms with Gasteiger partial charge in [-0.3, -0.25) is 0 Å². The molecule has 3 aromatic rings. The normalized spacial score (nSPS) is 11.0. The Morgan fingerprint density at radius 2 is 2.05 bits per heavy atom. The molecule has 4 heteroatoms. The van der Waals surface area contributed by atoms with Crippen LogP contribution in [0.3, 0.4) is 0 Å². The largest absolute Gasteiger partial charge is 0.497 e. The van der Waals surface area contributed by atoms with Crippen LogP contribution in [0.1, 0.15) is 17.0 Å². The Hall–Kier alpha value is -2.33. The maximum absolute atomic E-state index is 5.24. The Morgan fingerprint density at radius 1 is 1.14 bits per heavy atom. The van der Waals surface area contributed by atoms with Gasteiger partial charge in [-0.2, -0.15) is 0 Å². The third kappa shape index (κ3) is 2.90. The van der Waals surface area contributed by atoms with Crippen LogP contribution < -0.4 is 10.1 Å². The SMILES string of the molecule is COc1cccc(CNCc2c(C)nc3ccccn23)c1. The van der Waals surface area contributed by atoms with Crippen molar-refractivity contribution in [2.24, 2.45) is 0 Å². The first kappa shape index (κ1) is 13.6. The summed E-state index contributed by atoms with van der Waals surface area (Å²) in [5.41, 5.74) is 4.47. The van der Waals surface area contributed by atoms with Crippen LogP contribution in [0, 0.1) is 6.92 Å². The second kappa shape index (κ2) is 5.97. The van der Waals surface area contributed by atoms with E-state index in [9.17, 15) is 0 Å². The number of hydrogen-bond acceptors (Lipinski definition) is 3. The number of nitrogens with zero attached hydrogens (tertiary/aromatic N) is 2. The lowest BCUT2D eigenvalue weighted by Gasteiger charge is -2.07. The predicted molar refractivity (Wildman–Crippen MR) is 83.5 cm³/mol. The molecule has 0 fully saturated rings. The molecule has 0 saturated heterocycles. The summed E-state index contributed by atoms with van der Waals surface area (Å²) in [6, 6.07) is 14.2. The van der Waals surface area contributed by atoms with Gasteiger partial charge in [-0.25, -0.2) is 4.98 Å². The Morgan fingerprint density at radius 3 is 2.90 bits per heavy atom. The molecular formula is C17H19N3O. The molecule has 0 atom stereocenters. The second-order valence-corrected chi connectivity index (χ2v) is 5.03. The van der Waals surface area contributed by atoms with E-state index >= 15 is 0 Å². The van der Waals surface area contributed by atoms with Crippen LogP contribution in [-0.4, -0.2) is 16.5 Å². The lowest BCUT2D eigenvalue weighted by atomic mass is 10.2. The minimum atomic E-state index is 0.786. The molecule has 21 heavy (non-hydrogen) atoms. The van der Waals surface area contributed by atoms with E-state index < -0.39 is 0 Å². The summed E-state index contributed by atoms with van der Waals surface area (Å²) in [4.78, 5) is 4.57. The summed E-state index contributed by atoms with van der Waals surface area (Å²) in [6.45, 7) is 3.64. The maximum Gasteiger partial charge on any atom is 0.137 e. The number of benzene rings is 1. The highest BCUT2D eigenvalue weighted by Gasteiger charge is 2.07. The number of fused-ring (bicyclic) bond motifs is 1. The van der Waals surface area contributed by atoms with Crippen LogP contribution in [0.4, 0.5) is 0 Å². The van der Waals surface area contributed by atoms with E-state index in [0.29, 0.717) is 0 Å². The number of aryl methyl sites for hydroxylation is 1. The third-order valence-electron chi connectivity index (χ3n) is 3.58. The molecular weight excluding hydrogens is 262 g/mol. The molecule has 0 bridgehead atoms. The van der Waals surface area contributed by atoms with E-state index in [1.54, 1.807) is 7.11 Å². The Balaban J connectivity index is 1.70. The highest BCUT2D eigenvalue weighted by molar-refractivity contribution is 5.42. The zero-order valence-electron chi connectivity index (χ0n) is 12.3. The molecule has 4 nitrogen and oxygen atoms in total. The number of methoxy groups -OCH3 is 1. The molecule has 0 saturated carbocycles. The number of aromatic nitrogens is 2. The number of nitrogens with one attached hydrogen (secondary N) is 1. The van der Waals surface area contributed by atoms with Crippen molar-refractivity contribution in [2.45, 2.75) is 20.0 Å².